The van der Waals surface area contributed by atoms with Crippen LogP contribution in [0.1, 0.15) is 105 Å². The summed E-state index contributed by atoms with van der Waals surface area (Å²) >= 11 is 0. The van der Waals surface area contributed by atoms with Crippen molar-refractivity contribution in [2.75, 3.05) is 26.2 Å². The Morgan fingerprint density at radius 1 is 0.588 bits per heavy atom. The third-order valence-electron chi connectivity index (χ3n) is 6.37. The molecule has 0 aliphatic heterocycles. The Morgan fingerprint density at radius 3 is 1.29 bits per heavy atom. The smallest absolute Gasteiger partial charge is 0.335 e. The Hall–Kier alpha value is -2.46. The largest absolute Gasteiger partial charge is 0.478 e. The van der Waals surface area contributed by atoms with Gasteiger partial charge in [-0.05, 0) is 37.8 Å². The van der Waals surface area contributed by atoms with Gasteiger partial charge in [-0.25, -0.2) is 4.79 Å². The van der Waals surface area contributed by atoms with Gasteiger partial charge in [0.2, 0.25) is 0 Å². The van der Waals surface area contributed by atoms with Crippen LogP contribution >= 0.6 is 0 Å². The van der Waals surface area contributed by atoms with Gasteiger partial charge in [0.25, 0.3) is 0 Å². The lowest BCUT2D eigenvalue weighted by Gasteiger charge is -2.39. The van der Waals surface area contributed by atoms with E-state index in [4.69, 9.17) is 5.11 Å². The van der Waals surface area contributed by atoms with E-state index in [0.717, 1.165) is 0 Å². The molecule has 0 saturated carbocycles. The zero-order chi connectivity index (χ0) is 25.2. The fourth-order valence-corrected chi connectivity index (χ4v) is 4.17. The highest BCUT2D eigenvalue weighted by Gasteiger charge is 2.24. The summed E-state index contributed by atoms with van der Waals surface area (Å²) in [7, 11) is 0. The first-order chi connectivity index (χ1) is 16.4. The van der Waals surface area contributed by atoms with Gasteiger partial charge in [0.15, 0.2) is 5.78 Å². The molecule has 0 aromatic heterocycles. The van der Waals surface area contributed by atoms with Crippen LogP contribution in [0, 0.1) is 0 Å². The molecule has 0 bridgehead atoms. The normalized spacial score (nSPS) is 10.9. The maximum Gasteiger partial charge on any atom is 0.335 e. The Kier molecular flexibility index (Phi) is 14.8. The second-order valence-corrected chi connectivity index (χ2v) is 9.23. The van der Waals surface area contributed by atoms with Crippen molar-refractivity contribution in [3.8, 4) is 0 Å². The molecule has 0 saturated heterocycles. The molecule has 0 aliphatic carbocycles. The SMILES string of the molecule is CCCC[N+](CCCC)(CCCC)CCCC.O=C(O)c1ccc(C(=O)c2ccccc2)cc1. The number of carboxylic acid groups (broad SMARTS) is 1. The molecule has 0 aliphatic rings. The zero-order valence-electron chi connectivity index (χ0n) is 21.9. The van der Waals surface area contributed by atoms with Crippen molar-refractivity contribution in [1.82, 2.24) is 0 Å². The van der Waals surface area contributed by atoms with Crippen LogP contribution in [0.15, 0.2) is 54.6 Å². The average Bonchev–Trinajstić information content (AvgIpc) is 2.88. The second kappa shape index (κ2) is 17.0. The van der Waals surface area contributed by atoms with Crippen LogP contribution in [0.4, 0.5) is 0 Å². The van der Waals surface area contributed by atoms with E-state index in [1.807, 2.05) is 6.07 Å². The minimum absolute atomic E-state index is 0.109. The summed E-state index contributed by atoms with van der Waals surface area (Å²) < 4.78 is 1.42. The van der Waals surface area contributed by atoms with Crippen molar-refractivity contribution in [2.45, 2.75) is 79.1 Å². The van der Waals surface area contributed by atoms with E-state index in [9.17, 15) is 9.59 Å². The third kappa shape index (κ3) is 10.6. The average molecular weight is 469 g/mol. The topological polar surface area (TPSA) is 54.4 Å². The van der Waals surface area contributed by atoms with E-state index >= 15 is 0 Å². The van der Waals surface area contributed by atoms with E-state index in [2.05, 4.69) is 27.7 Å². The van der Waals surface area contributed by atoms with Crippen molar-refractivity contribution in [1.29, 1.82) is 0 Å². The van der Waals surface area contributed by atoms with E-state index < -0.39 is 5.97 Å². The lowest BCUT2D eigenvalue weighted by atomic mass is 10.0. The molecule has 4 heteroatoms. The number of carbonyl (C=O) groups is 2. The number of hydrogen-bond donors (Lipinski definition) is 1. The summed E-state index contributed by atoms with van der Waals surface area (Å²) in [5.41, 5.74) is 1.26. The molecule has 2 aromatic carbocycles. The number of unbranched alkanes of at least 4 members (excludes halogenated alkanes) is 4. The standard InChI is InChI=1S/C16H36N.C14H10O3/c1-5-9-13-17(14-10-6-2,15-11-7-3)16-12-8-4;15-13(10-4-2-1-3-5-10)11-6-8-12(9-7-11)14(16)17/h5-16H2,1-4H3;1-9H,(H,16,17)/q+1;. The van der Waals surface area contributed by atoms with Gasteiger partial charge in [-0.1, -0.05) is 95.8 Å². The Balaban J connectivity index is 0.000000340. The monoisotopic (exact) mass is 468 g/mol. The van der Waals surface area contributed by atoms with E-state index in [1.165, 1.54) is 106 Å². The highest BCUT2D eigenvalue weighted by atomic mass is 16.4. The quantitative estimate of drug-likeness (QED) is 0.216. The van der Waals surface area contributed by atoms with Gasteiger partial charge in [0.1, 0.15) is 0 Å². The lowest BCUT2D eigenvalue weighted by Crippen LogP contribution is -2.50. The number of benzene rings is 2. The van der Waals surface area contributed by atoms with Gasteiger partial charge in [-0.15, -0.1) is 0 Å². The van der Waals surface area contributed by atoms with Crippen LogP contribution in [-0.4, -0.2) is 47.5 Å². The molecule has 0 fully saturated rings. The fourth-order valence-electron chi connectivity index (χ4n) is 4.17. The number of carboxylic acids is 1. The second-order valence-electron chi connectivity index (χ2n) is 9.23. The predicted octanol–water partition coefficient (Wildman–Crippen LogP) is 7.62. The highest BCUT2D eigenvalue weighted by molar-refractivity contribution is 6.09. The summed E-state index contributed by atoms with van der Waals surface area (Å²) in [5.74, 6) is -1.11. The number of aromatic carboxylic acids is 1. The van der Waals surface area contributed by atoms with Crippen molar-refractivity contribution in [2.24, 2.45) is 0 Å². The van der Waals surface area contributed by atoms with Crippen LogP contribution < -0.4 is 0 Å². The minimum atomic E-state index is -0.997. The molecular weight excluding hydrogens is 422 g/mol. The number of ketones is 1. The summed E-state index contributed by atoms with van der Waals surface area (Å²) in [5, 5.41) is 8.75. The number of nitrogens with zero attached hydrogens (tertiary/aromatic N) is 1. The van der Waals surface area contributed by atoms with Crippen LogP contribution in [-0.2, 0) is 0 Å². The molecule has 0 heterocycles. The van der Waals surface area contributed by atoms with Crippen LogP contribution in [0.5, 0.6) is 0 Å². The molecule has 0 amide bonds. The van der Waals surface area contributed by atoms with Gasteiger partial charge in [-0.2, -0.15) is 0 Å². The summed E-state index contributed by atoms with van der Waals surface area (Å²) in [6.45, 7) is 15.0. The summed E-state index contributed by atoms with van der Waals surface area (Å²) in [4.78, 5) is 22.6. The fraction of sp³-hybridized carbons (Fsp3) is 0.533. The van der Waals surface area contributed by atoms with Crippen molar-refractivity contribution < 1.29 is 19.2 Å². The molecule has 0 unspecified atom stereocenters. The lowest BCUT2D eigenvalue weighted by molar-refractivity contribution is -0.929. The van der Waals surface area contributed by atoms with Gasteiger partial charge in [0, 0.05) is 11.1 Å². The molecular formula is C30H46NO3+. The van der Waals surface area contributed by atoms with Crippen molar-refractivity contribution in [3.05, 3.63) is 71.3 Å². The predicted molar refractivity (Wildman–Crippen MR) is 143 cm³/mol. The molecule has 0 spiro atoms. The number of carbonyl (C=O) groups excluding carboxylic acids is 1. The van der Waals surface area contributed by atoms with Gasteiger partial charge in [0.05, 0.1) is 31.7 Å². The maximum atomic E-state index is 12.0. The molecule has 0 radical (unpaired) electrons. The van der Waals surface area contributed by atoms with E-state index in [1.54, 1.807) is 24.3 Å². The molecule has 188 valence electrons. The first-order valence-electron chi connectivity index (χ1n) is 13.2. The first-order valence-corrected chi connectivity index (χ1v) is 13.2. The van der Waals surface area contributed by atoms with Crippen LogP contribution in [0.2, 0.25) is 0 Å². The van der Waals surface area contributed by atoms with Crippen LogP contribution in [0.25, 0.3) is 0 Å². The first kappa shape index (κ1) is 29.6. The molecule has 34 heavy (non-hydrogen) atoms. The minimum Gasteiger partial charge on any atom is -0.478 e. The van der Waals surface area contributed by atoms with Gasteiger partial charge >= 0.3 is 5.97 Å². The van der Waals surface area contributed by atoms with Crippen molar-refractivity contribution >= 4 is 11.8 Å². The number of quaternary nitrogens is 1. The number of hydrogen-bond acceptors (Lipinski definition) is 2. The Bertz CT molecular complexity index is 777. The zero-order valence-corrected chi connectivity index (χ0v) is 21.9. The highest BCUT2D eigenvalue weighted by Crippen LogP contribution is 2.16. The van der Waals surface area contributed by atoms with Gasteiger partial charge in [-0.3, -0.25) is 4.79 Å². The molecule has 1 N–H and O–H groups in total. The molecule has 0 atom stereocenters. The Labute approximate surface area is 207 Å². The Morgan fingerprint density at radius 2 is 0.941 bits per heavy atom. The summed E-state index contributed by atoms with van der Waals surface area (Å²) in [6.07, 6.45) is 11.1. The molecule has 2 aromatic rings. The van der Waals surface area contributed by atoms with Gasteiger partial charge < -0.3 is 9.59 Å². The molecule has 4 nitrogen and oxygen atoms in total. The maximum absolute atomic E-state index is 12.0. The van der Waals surface area contributed by atoms with Crippen LogP contribution in [0.3, 0.4) is 0 Å². The summed E-state index contributed by atoms with van der Waals surface area (Å²) in [6, 6.07) is 14.8. The van der Waals surface area contributed by atoms with Crippen molar-refractivity contribution in [3.63, 3.8) is 0 Å². The third-order valence-corrected chi connectivity index (χ3v) is 6.37. The van der Waals surface area contributed by atoms with E-state index in [-0.39, 0.29) is 11.3 Å². The number of rotatable bonds is 15. The van der Waals surface area contributed by atoms with E-state index in [0.29, 0.717) is 11.1 Å². The molecule has 2 rings (SSSR count).